The number of rotatable bonds is 8. The van der Waals surface area contributed by atoms with Gasteiger partial charge in [0.2, 0.25) is 0 Å². The Morgan fingerprint density at radius 2 is 1.90 bits per heavy atom. The first-order valence-corrected chi connectivity index (χ1v) is 7.87. The van der Waals surface area contributed by atoms with Crippen molar-refractivity contribution in [3.05, 3.63) is 46.3 Å². The minimum absolute atomic E-state index is 0.313. The first-order valence-electron chi connectivity index (χ1n) is 7.87. The number of unbranched alkanes of at least 4 members (excludes halogenated alkanes) is 1. The summed E-state index contributed by atoms with van der Waals surface area (Å²) in [5.41, 5.74) is 1.37. The topological polar surface area (TPSA) is 39.4 Å². The Kier molecular flexibility index (Phi) is 6.00. The second-order valence-electron chi connectivity index (χ2n) is 5.49. The van der Waals surface area contributed by atoms with Crippen molar-refractivity contribution in [3.8, 4) is 0 Å². The van der Waals surface area contributed by atoms with Crippen molar-refractivity contribution in [2.24, 2.45) is 0 Å². The molecule has 1 unspecified atom stereocenters. The molecule has 0 saturated heterocycles. The summed E-state index contributed by atoms with van der Waals surface area (Å²) in [6.45, 7) is 4.96. The van der Waals surface area contributed by atoms with E-state index in [4.69, 9.17) is 9.15 Å². The molecule has 0 N–H and O–H groups in total. The summed E-state index contributed by atoms with van der Waals surface area (Å²) >= 11 is 0. The summed E-state index contributed by atoms with van der Waals surface area (Å²) in [6, 6.07) is 9.13. The molecule has 3 nitrogen and oxygen atoms in total. The maximum atomic E-state index is 11.3. The lowest BCUT2D eigenvalue weighted by atomic mass is 10.1. The second kappa shape index (κ2) is 7.99. The van der Waals surface area contributed by atoms with Crippen LogP contribution in [0.2, 0.25) is 0 Å². The van der Waals surface area contributed by atoms with Gasteiger partial charge in [-0.15, -0.1) is 0 Å². The highest BCUT2D eigenvalue weighted by atomic mass is 16.5. The quantitative estimate of drug-likeness (QED) is 0.663. The van der Waals surface area contributed by atoms with Crippen LogP contribution >= 0.6 is 0 Å². The molecule has 2 aromatic rings. The third-order valence-electron chi connectivity index (χ3n) is 3.66. The highest BCUT2D eigenvalue weighted by molar-refractivity contribution is 5.76. The maximum Gasteiger partial charge on any atom is 0.336 e. The van der Waals surface area contributed by atoms with E-state index in [-0.39, 0.29) is 5.63 Å². The zero-order valence-corrected chi connectivity index (χ0v) is 12.9. The molecule has 0 saturated carbocycles. The van der Waals surface area contributed by atoms with Crippen LogP contribution in [0.5, 0.6) is 0 Å². The Balaban J connectivity index is 2.02. The molecule has 3 heteroatoms. The minimum Gasteiger partial charge on any atom is -0.423 e. The predicted octanol–water partition coefficient (Wildman–Crippen LogP) is 4.67. The Labute approximate surface area is 125 Å². The van der Waals surface area contributed by atoms with E-state index in [9.17, 15) is 4.79 Å². The normalized spacial score (nSPS) is 12.7. The minimum atomic E-state index is -0.313. The van der Waals surface area contributed by atoms with Crippen molar-refractivity contribution < 1.29 is 9.15 Å². The molecule has 0 fully saturated rings. The molecule has 0 aliphatic rings. The van der Waals surface area contributed by atoms with E-state index in [1.165, 1.54) is 18.9 Å². The van der Waals surface area contributed by atoms with Crippen molar-refractivity contribution in [2.45, 2.75) is 58.7 Å². The molecule has 1 atom stereocenters. The van der Waals surface area contributed by atoms with Crippen LogP contribution < -0.4 is 5.63 Å². The van der Waals surface area contributed by atoms with E-state index in [0.29, 0.717) is 18.3 Å². The molecular formula is C18H24O3. The number of hydrogen-bond acceptors (Lipinski definition) is 3. The van der Waals surface area contributed by atoms with Crippen LogP contribution in [0.15, 0.2) is 39.5 Å². The van der Waals surface area contributed by atoms with Gasteiger partial charge in [0.1, 0.15) is 5.58 Å². The van der Waals surface area contributed by atoms with Gasteiger partial charge < -0.3 is 9.15 Å². The third-order valence-corrected chi connectivity index (χ3v) is 3.66. The fourth-order valence-electron chi connectivity index (χ4n) is 2.47. The van der Waals surface area contributed by atoms with Gasteiger partial charge in [-0.2, -0.15) is 0 Å². The summed E-state index contributed by atoms with van der Waals surface area (Å²) in [5, 5.41) is 0.939. The highest BCUT2D eigenvalue weighted by Crippen LogP contribution is 2.17. The number of benzene rings is 1. The lowest BCUT2D eigenvalue weighted by Gasteiger charge is -2.17. The van der Waals surface area contributed by atoms with Crippen LogP contribution in [0.4, 0.5) is 0 Å². The summed E-state index contributed by atoms with van der Waals surface area (Å²) < 4.78 is 11.2. The molecule has 0 radical (unpaired) electrons. The fraction of sp³-hybridized carbons (Fsp3) is 0.500. The summed E-state index contributed by atoms with van der Waals surface area (Å²) in [6.07, 6.45) is 6.09. The van der Waals surface area contributed by atoms with Crippen LogP contribution in [-0.4, -0.2) is 6.10 Å². The van der Waals surface area contributed by atoms with Crippen LogP contribution in [-0.2, 0) is 11.3 Å². The largest absolute Gasteiger partial charge is 0.423 e. The van der Waals surface area contributed by atoms with Gasteiger partial charge >= 0.3 is 5.63 Å². The molecular weight excluding hydrogens is 264 g/mol. The second-order valence-corrected chi connectivity index (χ2v) is 5.49. The van der Waals surface area contributed by atoms with E-state index in [1.807, 2.05) is 18.2 Å². The molecule has 2 rings (SSSR count). The Morgan fingerprint density at radius 1 is 1.10 bits per heavy atom. The molecule has 1 aromatic carbocycles. The van der Waals surface area contributed by atoms with E-state index in [2.05, 4.69) is 13.8 Å². The lowest BCUT2D eigenvalue weighted by molar-refractivity contribution is 0.0276. The predicted molar refractivity (Wildman–Crippen MR) is 85.5 cm³/mol. The zero-order chi connectivity index (χ0) is 15.1. The van der Waals surface area contributed by atoms with Gasteiger partial charge in [0.05, 0.1) is 12.7 Å². The molecule has 21 heavy (non-hydrogen) atoms. The zero-order valence-electron chi connectivity index (χ0n) is 12.9. The number of ether oxygens (including phenoxy) is 1. The average molecular weight is 288 g/mol. The monoisotopic (exact) mass is 288 g/mol. The van der Waals surface area contributed by atoms with Crippen LogP contribution in [0.25, 0.3) is 11.0 Å². The first kappa shape index (κ1) is 15.8. The molecule has 1 aromatic heterocycles. The molecule has 0 bridgehead atoms. The lowest BCUT2D eigenvalue weighted by Crippen LogP contribution is -2.12. The van der Waals surface area contributed by atoms with Gasteiger partial charge in [0.15, 0.2) is 0 Å². The molecule has 0 spiro atoms. The fourth-order valence-corrected chi connectivity index (χ4v) is 2.47. The van der Waals surface area contributed by atoms with Gasteiger partial charge in [-0.05, 0) is 30.5 Å². The van der Waals surface area contributed by atoms with Crippen LogP contribution in [0.1, 0.15) is 51.5 Å². The van der Waals surface area contributed by atoms with E-state index < -0.39 is 0 Å². The maximum absolute atomic E-state index is 11.3. The molecule has 0 amide bonds. The van der Waals surface area contributed by atoms with Gasteiger partial charge in [-0.25, -0.2) is 4.79 Å². The smallest absolute Gasteiger partial charge is 0.336 e. The van der Waals surface area contributed by atoms with Gasteiger partial charge in [0.25, 0.3) is 0 Å². The van der Waals surface area contributed by atoms with Crippen LogP contribution in [0, 0.1) is 0 Å². The molecule has 0 aliphatic heterocycles. The summed E-state index contributed by atoms with van der Waals surface area (Å²) in [4.78, 5) is 11.3. The first-order chi connectivity index (χ1) is 10.2. The van der Waals surface area contributed by atoms with Crippen molar-refractivity contribution in [2.75, 3.05) is 0 Å². The van der Waals surface area contributed by atoms with Crippen LogP contribution in [0.3, 0.4) is 0 Å². The van der Waals surface area contributed by atoms with Gasteiger partial charge in [-0.3, -0.25) is 0 Å². The van der Waals surface area contributed by atoms with Crippen molar-refractivity contribution in [1.29, 1.82) is 0 Å². The van der Waals surface area contributed by atoms with E-state index in [0.717, 1.165) is 30.2 Å². The summed E-state index contributed by atoms with van der Waals surface area (Å²) in [7, 11) is 0. The molecule has 114 valence electrons. The number of fused-ring (bicyclic) bond motifs is 1. The average Bonchev–Trinajstić information content (AvgIpc) is 2.49. The SMILES string of the molecule is CCCCC(CCC)OCc1ccc2ccc(=O)oc2c1. The Morgan fingerprint density at radius 3 is 2.67 bits per heavy atom. The van der Waals surface area contributed by atoms with Crippen molar-refractivity contribution in [1.82, 2.24) is 0 Å². The molecule has 1 heterocycles. The van der Waals surface area contributed by atoms with Gasteiger partial charge in [0, 0.05) is 11.5 Å². The van der Waals surface area contributed by atoms with Gasteiger partial charge in [-0.1, -0.05) is 45.2 Å². The third kappa shape index (κ3) is 4.71. The van der Waals surface area contributed by atoms with Crippen molar-refractivity contribution >= 4 is 11.0 Å². The number of hydrogen-bond donors (Lipinski definition) is 0. The van der Waals surface area contributed by atoms with E-state index >= 15 is 0 Å². The Hall–Kier alpha value is -1.61. The Bertz CT molecular complexity index is 615. The summed E-state index contributed by atoms with van der Waals surface area (Å²) in [5.74, 6) is 0. The van der Waals surface area contributed by atoms with E-state index in [1.54, 1.807) is 6.07 Å². The standard InChI is InChI=1S/C18H24O3/c1-3-5-7-16(6-4-2)20-13-14-8-9-15-10-11-18(19)21-17(15)12-14/h8-12,16H,3-7,13H2,1-2H3. The van der Waals surface area contributed by atoms with Crippen molar-refractivity contribution in [3.63, 3.8) is 0 Å². The molecule has 0 aliphatic carbocycles. The highest BCUT2D eigenvalue weighted by Gasteiger charge is 2.08.